The summed E-state index contributed by atoms with van der Waals surface area (Å²) in [5.74, 6) is -0.890. The second-order valence-electron chi connectivity index (χ2n) is 17.4. The van der Waals surface area contributed by atoms with Crippen LogP contribution in [0.3, 0.4) is 0 Å². The zero-order valence-corrected chi connectivity index (χ0v) is 40.0. The van der Waals surface area contributed by atoms with Gasteiger partial charge in [-0.05, 0) is 77.0 Å². The Labute approximate surface area is 372 Å². The van der Waals surface area contributed by atoms with Gasteiger partial charge < -0.3 is 14.2 Å². The molecule has 0 unspecified atom stereocenters. The maximum atomic E-state index is 12.8. The number of esters is 3. The first-order valence-corrected chi connectivity index (χ1v) is 26.0. The minimum absolute atomic E-state index is 0.0784. The first kappa shape index (κ1) is 57.6. The van der Waals surface area contributed by atoms with Gasteiger partial charge in [-0.15, -0.1) is 0 Å². The zero-order chi connectivity index (χ0) is 43.7. The van der Waals surface area contributed by atoms with E-state index in [0.717, 1.165) is 83.5 Å². The predicted molar refractivity (Wildman–Crippen MR) is 256 cm³/mol. The van der Waals surface area contributed by atoms with Crippen LogP contribution in [0.25, 0.3) is 0 Å². The summed E-state index contributed by atoms with van der Waals surface area (Å²) < 4.78 is 16.8. The van der Waals surface area contributed by atoms with Gasteiger partial charge in [-0.25, -0.2) is 0 Å². The molecule has 0 aromatic heterocycles. The maximum Gasteiger partial charge on any atom is 0.306 e. The average molecular weight is 843 g/mol. The van der Waals surface area contributed by atoms with Gasteiger partial charge in [0.25, 0.3) is 0 Å². The Balaban J connectivity index is 4.38. The van der Waals surface area contributed by atoms with Crippen molar-refractivity contribution in [1.29, 1.82) is 0 Å². The molecule has 1 atom stereocenters. The molecule has 0 rings (SSSR count). The Morgan fingerprint density at radius 1 is 0.333 bits per heavy atom. The summed E-state index contributed by atoms with van der Waals surface area (Å²) in [6.45, 7) is 6.59. The summed E-state index contributed by atoms with van der Waals surface area (Å²) in [4.78, 5) is 37.9. The van der Waals surface area contributed by atoms with E-state index in [1.54, 1.807) is 0 Å². The molecule has 0 spiro atoms. The fraction of sp³-hybridized carbons (Fsp3) is 0.833. The van der Waals surface area contributed by atoms with E-state index < -0.39 is 6.10 Å². The van der Waals surface area contributed by atoms with E-state index in [-0.39, 0.29) is 31.1 Å². The highest BCUT2D eigenvalue weighted by Crippen LogP contribution is 2.15. The lowest BCUT2D eigenvalue weighted by Gasteiger charge is -2.18. The Morgan fingerprint density at radius 2 is 0.600 bits per heavy atom. The molecule has 0 bridgehead atoms. The summed E-state index contributed by atoms with van der Waals surface area (Å²) in [5, 5.41) is 0. The van der Waals surface area contributed by atoms with Crippen molar-refractivity contribution >= 4 is 17.9 Å². The maximum absolute atomic E-state index is 12.8. The van der Waals surface area contributed by atoms with Gasteiger partial charge >= 0.3 is 17.9 Å². The van der Waals surface area contributed by atoms with Crippen molar-refractivity contribution in [3.63, 3.8) is 0 Å². The van der Waals surface area contributed by atoms with E-state index in [9.17, 15) is 14.4 Å². The number of rotatable bonds is 47. The number of carbonyl (C=O) groups excluding carboxylic acids is 3. The van der Waals surface area contributed by atoms with Crippen molar-refractivity contribution in [3.05, 3.63) is 36.5 Å². The molecule has 6 nitrogen and oxygen atoms in total. The van der Waals surface area contributed by atoms with Crippen molar-refractivity contribution in [2.75, 3.05) is 13.2 Å². The summed E-state index contributed by atoms with van der Waals surface area (Å²) in [5.41, 5.74) is 0. The predicted octanol–water partition coefficient (Wildman–Crippen LogP) is 16.9. The molecule has 0 N–H and O–H groups in total. The number of carbonyl (C=O) groups is 3. The minimum atomic E-state index is -0.777. The molecular weight excluding hydrogens is 745 g/mol. The van der Waals surface area contributed by atoms with E-state index in [2.05, 4.69) is 57.2 Å². The van der Waals surface area contributed by atoms with Gasteiger partial charge in [-0.1, -0.05) is 211 Å². The largest absolute Gasteiger partial charge is 0.462 e. The van der Waals surface area contributed by atoms with Gasteiger partial charge in [0, 0.05) is 19.3 Å². The molecule has 60 heavy (non-hydrogen) atoms. The van der Waals surface area contributed by atoms with E-state index in [0.29, 0.717) is 19.3 Å². The van der Waals surface area contributed by atoms with Crippen LogP contribution in [0.2, 0.25) is 0 Å². The quantitative estimate of drug-likeness (QED) is 0.0263. The monoisotopic (exact) mass is 843 g/mol. The lowest BCUT2D eigenvalue weighted by Crippen LogP contribution is -2.30. The fourth-order valence-electron chi connectivity index (χ4n) is 7.41. The lowest BCUT2D eigenvalue weighted by atomic mass is 10.0. The minimum Gasteiger partial charge on any atom is -0.462 e. The van der Waals surface area contributed by atoms with Gasteiger partial charge in [-0.2, -0.15) is 0 Å². The molecule has 0 saturated carbocycles. The molecule has 350 valence electrons. The molecule has 0 aromatic rings. The van der Waals surface area contributed by atoms with Crippen LogP contribution in [0, 0.1) is 0 Å². The van der Waals surface area contributed by atoms with Gasteiger partial charge in [-0.3, -0.25) is 14.4 Å². The Hall–Kier alpha value is -2.37. The van der Waals surface area contributed by atoms with Gasteiger partial charge in [0.05, 0.1) is 0 Å². The molecular formula is C54H98O6. The van der Waals surface area contributed by atoms with Crippen molar-refractivity contribution in [2.24, 2.45) is 0 Å². The fourth-order valence-corrected chi connectivity index (χ4v) is 7.41. The first-order chi connectivity index (χ1) is 29.5. The zero-order valence-electron chi connectivity index (χ0n) is 40.0. The molecule has 0 aliphatic heterocycles. The van der Waals surface area contributed by atoms with Crippen LogP contribution in [0.1, 0.15) is 271 Å². The SMILES string of the molecule is CCCCC/C=C\C/C=C\CCCCCCCC(=O)OC[C@@H](COC(=O)CCCCCCC/C=C\CCCCC)OC(=O)CCCCCCCCCCCCCCCCC. The van der Waals surface area contributed by atoms with E-state index >= 15 is 0 Å². The molecule has 0 amide bonds. The van der Waals surface area contributed by atoms with Gasteiger partial charge in [0.15, 0.2) is 6.10 Å². The molecule has 0 aromatic carbocycles. The number of hydrogen-bond donors (Lipinski definition) is 0. The van der Waals surface area contributed by atoms with Gasteiger partial charge in [0.1, 0.15) is 13.2 Å². The van der Waals surface area contributed by atoms with E-state index in [1.807, 2.05) is 0 Å². The first-order valence-electron chi connectivity index (χ1n) is 26.0. The number of hydrogen-bond acceptors (Lipinski definition) is 6. The van der Waals surface area contributed by atoms with Crippen LogP contribution in [0.4, 0.5) is 0 Å². The van der Waals surface area contributed by atoms with Crippen molar-refractivity contribution < 1.29 is 28.6 Å². The van der Waals surface area contributed by atoms with Crippen molar-refractivity contribution in [1.82, 2.24) is 0 Å². The van der Waals surface area contributed by atoms with Gasteiger partial charge in [0.2, 0.25) is 0 Å². The number of ether oxygens (including phenoxy) is 3. The standard InChI is InChI=1S/C54H98O6/c1-4-7-10-13-16-19-22-25-27-29-32-35-38-41-44-47-53(56)59-50-51(49-58-52(55)46-43-40-37-34-31-24-21-18-15-12-9-6-3)60-54(57)48-45-42-39-36-33-30-28-26-23-20-17-14-11-8-5-2/h16,18-19,21,25,27,51H,4-15,17,20,22-24,26,28-50H2,1-3H3/b19-16-,21-18-,27-25-/t51-/m1/s1. The smallest absolute Gasteiger partial charge is 0.306 e. The Kier molecular flexibility index (Phi) is 47.3. The number of unbranched alkanes of at least 4 members (excludes halogenated alkanes) is 30. The molecule has 6 heteroatoms. The summed E-state index contributed by atoms with van der Waals surface area (Å²) in [6, 6.07) is 0. The lowest BCUT2D eigenvalue weighted by molar-refractivity contribution is -0.167. The van der Waals surface area contributed by atoms with Crippen LogP contribution in [0.5, 0.6) is 0 Å². The molecule has 0 aliphatic rings. The van der Waals surface area contributed by atoms with Crippen LogP contribution in [-0.2, 0) is 28.6 Å². The topological polar surface area (TPSA) is 78.9 Å². The third-order valence-electron chi connectivity index (χ3n) is 11.4. The van der Waals surface area contributed by atoms with Crippen molar-refractivity contribution in [3.8, 4) is 0 Å². The highest BCUT2D eigenvalue weighted by atomic mass is 16.6. The number of allylic oxidation sites excluding steroid dienone is 6. The molecule has 0 saturated heterocycles. The Morgan fingerprint density at radius 3 is 0.967 bits per heavy atom. The third kappa shape index (κ3) is 46.7. The Bertz CT molecular complexity index is 1020. The average Bonchev–Trinajstić information content (AvgIpc) is 3.24. The highest BCUT2D eigenvalue weighted by molar-refractivity contribution is 5.71. The van der Waals surface area contributed by atoms with E-state index in [1.165, 1.54) is 148 Å². The summed E-state index contributed by atoms with van der Waals surface area (Å²) >= 11 is 0. The molecule has 0 fully saturated rings. The highest BCUT2D eigenvalue weighted by Gasteiger charge is 2.19. The van der Waals surface area contributed by atoms with E-state index in [4.69, 9.17) is 14.2 Å². The van der Waals surface area contributed by atoms with Crippen LogP contribution in [0.15, 0.2) is 36.5 Å². The molecule has 0 heterocycles. The van der Waals surface area contributed by atoms with Crippen LogP contribution >= 0.6 is 0 Å². The summed E-state index contributed by atoms with van der Waals surface area (Å²) in [6.07, 6.45) is 56.9. The van der Waals surface area contributed by atoms with Crippen molar-refractivity contribution in [2.45, 2.75) is 277 Å². The van der Waals surface area contributed by atoms with Crippen LogP contribution in [-0.4, -0.2) is 37.2 Å². The molecule has 0 radical (unpaired) electrons. The summed E-state index contributed by atoms with van der Waals surface area (Å²) in [7, 11) is 0. The normalized spacial score (nSPS) is 12.2. The van der Waals surface area contributed by atoms with Crippen LogP contribution < -0.4 is 0 Å². The third-order valence-corrected chi connectivity index (χ3v) is 11.4. The second-order valence-corrected chi connectivity index (χ2v) is 17.4. The molecule has 0 aliphatic carbocycles. The second kappa shape index (κ2) is 49.3.